The molecular formula is C26H23NO4. The third-order valence-corrected chi connectivity index (χ3v) is 5.40. The fourth-order valence-corrected chi connectivity index (χ4v) is 3.59. The number of ketones is 1. The normalized spacial score (nSPS) is 11.0. The molecule has 0 aliphatic rings. The van der Waals surface area contributed by atoms with Gasteiger partial charge in [0.25, 0.3) is 0 Å². The molecule has 0 atom stereocenters. The highest BCUT2D eigenvalue weighted by atomic mass is 16.5. The highest BCUT2D eigenvalue weighted by molar-refractivity contribution is 6.06. The summed E-state index contributed by atoms with van der Waals surface area (Å²) in [5.74, 6) is 0.523. The van der Waals surface area contributed by atoms with Crippen LogP contribution in [0, 0.1) is 27.7 Å². The van der Waals surface area contributed by atoms with Crippen LogP contribution in [0.3, 0.4) is 0 Å². The number of Topliss-reactive ketones (excluding diaryl/α,β-unsaturated/α-hetero) is 1. The number of carbonyl (C=O) groups is 2. The second kappa shape index (κ2) is 8.19. The molecule has 0 fully saturated rings. The van der Waals surface area contributed by atoms with Crippen LogP contribution in [0.25, 0.3) is 22.4 Å². The summed E-state index contributed by atoms with van der Waals surface area (Å²) < 4.78 is 11.1. The zero-order valence-corrected chi connectivity index (χ0v) is 18.0. The van der Waals surface area contributed by atoms with Crippen LogP contribution >= 0.6 is 0 Å². The summed E-state index contributed by atoms with van der Waals surface area (Å²) >= 11 is 0. The number of benzene rings is 2. The molecule has 0 spiro atoms. The highest BCUT2D eigenvalue weighted by Crippen LogP contribution is 2.27. The van der Waals surface area contributed by atoms with Crippen molar-refractivity contribution in [1.29, 1.82) is 0 Å². The van der Waals surface area contributed by atoms with Gasteiger partial charge in [0.15, 0.2) is 12.4 Å². The molecule has 0 saturated carbocycles. The van der Waals surface area contributed by atoms with Crippen LogP contribution in [0.4, 0.5) is 0 Å². The van der Waals surface area contributed by atoms with E-state index in [1.165, 1.54) is 0 Å². The van der Waals surface area contributed by atoms with E-state index in [4.69, 9.17) is 9.15 Å². The first-order valence-electron chi connectivity index (χ1n) is 10.1. The van der Waals surface area contributed by atoms with Crippen molar-refractivity contribution in [3.8, 4) is 11.5 Å². The van der Waals surface area contributed by atoms with Crippen molar-refractivity contribution < 1.29 is 18.7 Å². The lowest BCUT2D eigenvalue weighted by molar-refractivity contribution is 0.0476. The molecule has 0 N–H and O–H groups in total. The van der Waals surface area contributed by atoms with E-state index in [1.807, 2.05) is 76.2 Å². The topological polar surface area (TPSA) is 69.4 Å². The van der Waals surface area contributed by atoms with Crippen LogP contribution in [0.15, 0.2) is 59.0 Å². The monoisotopic (exact) mass is 413 g/mol. The molecule has 4 aromatic rings. The Morgan fingerprint density at radius 1 is 0.871 bits per heavy atom. The molecule has 0 saturated heterocycles. The molecular weight excluding hydrogens is 390 g/mol. The SMILES string of the molecule is Cc1ccc(-c2cc(C(=O)OCC(=O)c3cc(C)c(C)cc3C)c3ccccc3n2)o1. The van der Waals surface area contributed by atoms with Gasteiger partial charge < -0.3 is 9.15 Å². The van der Waals surface area contributed by atoms with Crippen molar-refractivity contribution in [2.45, 2.75) is 27.7 Å². The molecule has 5 heteroatoms. The van der Waals surface area contributed by atoms with Crippen molar-refractivity contribution in [3.05, 3.63) is 88.2 Å². The van der Waals surface area contributed by atoms with E-state index < -0.39 is 5.97 Å². The molecule has 31 heavy (non-hydrogen) atoms. The van der Waals surface area contributed by atoms with E-state index in [1.54, 1.807) is 6.07 Å². The molecule has 2 aromatic carbocycles. The van der Waals surface area contributed by atoms with Gasteiger partial charge in [-0.2, -0.15) is 0 Å². The van der Waals surface area contributed by atoms with Crippen LogP contribution < -0.4 is 0 Å². The summed E-state index contributed by atoms with van der Waals surface area (Å²) in [7, 11) is 0. The Labute approximate surface area is 180 Å². The van der Waals surface area contributed by atoms with Crippen LogP contribution in [0.1, 0.15) is 43.2 Å². The van der Waals surface area contributed by atoms with Gasteiger partial charge in [0.05, 0.1) is 11.1 Å². The molecule has 0 unspecified atom stereocenters. The van der Waals surface area contributed by atoms with Crippen LogP contribution in [-0.2, 0) is 4.74 Å². The summed E-state index contributed by atoms with van der Waals surface area (Å²) in [4.78, 5) is 30.3. The number of nitrogens with zero attached hydrogens (tertiary/aromatic N) is 1. The number of furan rings is 1. The molecule has 0 amide bonds. The minimum absolute atomic E-state index is 0.228. The third-order valence-electron chi connectivity index (χ3n) is 5.40. The maximum atomic E-state index is 13.0. The molecule has 0 aliphatic heterocycles. The van der Waals surface area contributed by atoms with Gasteiger partial charge in [0.2, 0.25) is 5.78 Å². The Bertz CT molecular complexity index is 1320. The number of para-hydroxylation sites is 1. The summed E-state index contributed by atoms with van der Waals surface area (Å²) in [6.07, 6.45) is 0. The Kier molecular flexibility index (Phi) is 5.42. The van der Waals surface area contributed by atoms with Crippen molar-refractivity contribution in [3.63, 3.8) is 0 Å². The van der Waals surface area contributed by atoms with E-state index in [9.17, 15) is 9.59 Å². The van der Waals surface area contributed by atoms with Gasteiger partial charge in [-0.1, -0.05) is 24.3 Å². The number of hydrogen-bond acceptors (Lipinski definition) is 5. The number of pyridine rings is 1. The van der Waals surface area contributed by atoms with Crippen molar-refractivity contribution in [2.24, 2.45) is 0 Å². The van der Waals surface area contributed by atoms with Gasteiger partial charge >= 0.3 is 5.97 Å². The van der Waals surface area contributed by atoms with E-state index >= 15 is 0 Å². The largest absolute Gasteiger partial charge is 0.460 e. The Hall–Kier alpha value is -3.73. The molecule has 4 rings (SSSR count). The number of esters is 1. The summed E-state index contributed by atoms with van der Waals surface area (Å²) in [6, 6.07) is 16.4. The van der Waals surface area contributed by atoms with E-state index in [2.05, 4.69) is 4.98 Å². The number of aromatic nitrogens is 1. The predicted octanol–water partition coefficient (Wildman–Crippen LogP) is 5.77. The van der Waals surface area contributed by atoms with E-state index in [0.29, 0.717) is 33.5 Å². The maximum Gasteiger partial charge on any atom is 0.339 e. The Morgan fingerprint density at radius 2 is 1.61 bits per heavy atom. The van der Waals surface area contributed by atoms with Gasteiger partial charge in [-0.05, 0) is 74.7 Å². The number of hydrogen-bond donors (Lipinski definition) is 0. The molecule has 2 aromatic heterocycles. The molecule has 0 bridgehead atoms. The van der Waals surface area contributed by atoms with Crippen LogP contribution in [-0.4, -0.2) is 23.3 Å². The Balaban J connectivity index is 1.63. The first-order chi connectivity index (χ1) is 14.8. The minimum atomic E-state index is -0.571. The summed E-state index contributed by atoms with van der Waals surface area (Å²) in [5, 5.41) is 0.661. The van der Waals surface area contributed by atoms with Crippen LogP contribution in [0.5, 0.6) is 0 Å². The average molecular weight is 413 g/mol. The predicted molar refractivity (Wildman–Crippen MR) is 119 cm³/mol. The minimum Gasteiger partial charge on any atom is -0.460 e. The second-order valence-corrected chi connectivity index (χ2v) is 7.73. The average Bonchev–Trinajstić information content (AvgIpc) is 3.20. The molecule has 5 nitrogen and oxygen atoms in total. The molecule has 0 aliphatic carbocycles. The summed E-state index contributed by atoms with van der Waals surface area (Å²) in [5.41, 5.74) is 5.12. The molecule has 2 heterocycles. The first-order valence-corrected chi connectivity index (χ1v) is 10.1. The first kappa shape index (κ1) is 20.5. The van der Waals surface area contributed by atoms with Gasteiger partial charge in [-0.15, -0.1) is 0 Å². The van der Waals surface area contributed by atoms with Crippen LogP contribution in [0.2, 0.25) is 0 Å². The fourth-order valence-electron chi connectivity index (χ4n) is 3.59. The van der Waals surface area contributed by atoms with E-state index in [-0.39, 0.29) is 12.4 Å². The van der Waals surface area contributed by atoms with Gasteiger partial charge in [-0.3, -0.25) is 4.79 Å². The van der Waals surface area contributed by atoms with E-state index in [0.717, 1.165) is 22.5 Å². The van der Waals surface area contributed by atoms with Crippen molar-refractivity contribution >= 4 is 22.7 Å². The number of ether oxygens (including phenoxy) is 1. The maximum absolute atomic E-state index is 13.0. The lowest BCUT2D eigenvalue weighted by Crippen LogP contribution is -2.16. The van der Waals surface area contributed by atoms with Gasteiger partial charge in [0.1, 0.15) is 11.5 Å². The van der Waals surface area contributed by atoms with Gasteiger partial charge in [0, 0.05) is 10.9 Å². The Morgan fingerprint density at radius 3 is 2.35 bits per heavy atom. The molecule has 156 valence electrons. The van der Waals surface area contributed by atoms with Crippen molar-refractivity contribution in [1.82, 2.24) is 4.98 Å². The van der Waals surface area contributed by atoms with Crippen molar-refractivity contribution in [2.75, 3.05) is 6.61 Å². The van der Waals surface area contributed by atoms with Gasteiger partial charge in [-0.25, -0.2) is 9.78 Å². The standard InChI is InChI=1S/C26H23NO4/c1-15-11-17(3)20(12-16(15)2)24(28)14-30-26(29)21-13-23(25-10-9-18(4)31-25)27-22-8-6-5-7-19(21)22/h5-13H,14H2,1-4H3. The fraction of sp³-hybridized carbons (Fsp3) is 0.192. The second-order valence-electron chi connectivity index (χ2n) is 7.73. The quantitative estimate of drug-likeness (QED) is 0.307. The third kappa shape index (κ3) is 4.12. The number of aryl methyl sites for hydroxylation is 4. The number of rotatable bonds is 5. The lowest BCUT2D eigenvalue weighted by atomic mass is 9.98. The number of carbonyl (C=O) groups excluding carboxylic acids is 2. The zero-order chi connectivity index (χ0) is 22.1. The number of fused-ring (bicyclic) bond motifs is 1. The molecule has 0 radical (unpaired) electrons. The lowest BCUT2D eigenvalue weighted by Gasteiger charge is -2.11. The summed E-state index contributed by atoms with van der Waals surface area (Å²) in [6.45, 7) is 7.37. The highest BCUT2D eigenvalue weighted by Gasteiger charge is 2.19. The smallest absolute Gasteiger partial charge is 0.339 e. The zero-order valence-electron chi connectivity index (χ0n) is 18.0.